The van der Waals surface area contributed by atoms with Gasteiger partial charge in [0.05, 0.1) is 11.8 Å². The second-order valence-electron chi connectivity index (χ2n) is 5.25. The Morgan fingerprint density at radius 3 is 2.57 bits per heavy atom. The number of nitrogens with zero attached hydrogens (tertiary/aromatic N) is 2. The molecule has 0 aliphatic rings. The Balaban J connectivity index is 2.17. The smallest absolute Gasteiger partial charge is 0.0979 e. The Bertz CT molecular complexity index is 550. The average molecular weight is 287 g/mol. The minimum absolute atomic E-state index is 0.0864. The SMILES string of the molecule is CCOC(c1ccccc1)C(N)Cc1cc(C)nn1CC. The summed E-state index contributed by atoms with van der Waals surface area (Å²) in [6.45, 7) is 7.63. The van der Waals surface area contributed by atoms with Gasteiger partial charge in [-0.1, -0.05) is 30.3 Å². The van der Waals surface area contributed by atoms with E-state index in [9.17, 15) is 0 Å². The van der Waals surface area contributed by atoms with Crippen molar-refractivity contribution in [3.8, 4) is 0 Å². The predicted octanol–water partition coefficient (Wildman–Crippen LogP) is 2.86. The Kier molecular flexibility index (Phi) is 5.53. The first-order valence-corrected chi connectivity index (χ1v) is 7.61. The largest absolute Gasteiger partial charge is 0.372 e. The third-order valence-electron chi connectivity index (χ3n) is 3.59. The van der Waals surface area contributed by atoms with Crippen molar-refractivity contribution in [2.75, 3.05) is 6.61 Å². The van der Waals surface area contributed by atoms with Crippen LogP contribution in [0.1, 0.15) is 36.9 Å². The highest BCUT2D eigenvalue weighted by molar-refractivity contribution is 5.20. The molecule has 0 saturated heterocycles. The van der Waals surface area contributed by atoms with Gasteiger partial charge in [0.2, 0.25) is 0 Å². The van der Waals surface area contributed by atoms with Crippen molar-refractivity contribution < 1.29 is 4.74 Å². The van der Waals surface area contributed by atoms with E-state index >= 15 is 0 Å². The van der Waals surface area contributed by atoms with Crippen LogP contribution in [0.5, 0.6) is 0 Å². The molecule has 0 radical (unpaired) electrons. The maximum Gasteiger partial charge on any atom is 0.0979 e. The molecule has 2 aromatic rings. The minimum Gasteiger partial charge on any atom is -0.372 e. The summed E-state index contributed by atoms with van der Waals surface area (Å²) in [7, 11) is 0. The van der Waals surface area contributed by atoms with Crippen LogP contribution in [0.3, 0.4) is 0 Å². The van der Waals surface area contributed by atoms with Gasteiger partial charge in [-0.05, 0) is 32.4 Å². The maximum atomic E-state index is 6.43. The molecule has 2 unspecified atom stereocenters. The molecule has 1 heterocycles. The lowest BCUT2D eigenvalue weighted by Crippen LogP contribution is -2.33. The van der Waals surface area contributed by atoms with Crippen LogP contribution in [-0.4, -0.2) is 22.4 Å². The summed E-state index contributed by atoms with van der Waals surface area (Å²) >= 11 is 0. The summed E-state index contributed by atoms with van der Waals surface area (Å²) in [5.41, 5.74) is 9.77. The van der Waals surface area contributed by atoms with E-state index in [2.05, 4.69) is 30.2 Å². The van der Waals surface area contributed by atoms with Crippen LogP contribution in [-0.2, 0) is 17.7 Å². The first kappa shape index (κ1) is 15.7. The van der Waals surface area contributed by atoms with E-state index in [0.717, 1.165) is 24.2 Å². The number of aryl methyl sites for hydroxylation is 2. The minimum atomic E-state index is -0.0891. The number of hydrogen-bond donors (Lipinski definition) is 1. The first-order valence-electron chi connectivity index (χ1n) is 7.61. The van der Waals surface area contributed by atoms with Crippen LogP contribution in [0.4, 0.5) is 0 Å². The van der Waals surface area contributed by atoms with Crippen LogP contribution < -0.4 is 5.73 Å². The fourth-order valence-electron chi connectivity index (χ4n) is 2.68. The number of nitrogens with two attached hydrogens (primary N) is 1. The summed E-state index contributed by atoms with van der Waals surface area (Å²) in [5, 5.41) is 4.48. The van der Waals surface area contributed by atoms with E-state index in [1.807, 2.05) is 36.7 Å². The Hall–Kier alpha value is -1.65. The molecule has 114 valence electrons. The molecule has 1 aromatic heterocycles. The summed E-state index contributed by atoms with van der Waals surface area (Å²) in [6, 6.07) is 12.2. The summed E-state index contributed by atoms with van der Waals surface area (Å²) in [5.74, 6) is 0. The highest BCUT2D eigenvalue weighted by atomic mass is 16.5. The monoisotopic (exact) mass is 287 g/mol. The van der Waals surface area contributed by atoms with E-state index in [1.165, 1.54) is 5.69 Å². The fraction of sp³-hybridized carbons (Fsp3) is 0.471. The number of benzene rings is 1. The number of ether oxygens (including phenoxy) is 1. The third-order valence-corrected chi connectivity index (χ3v) is 3.59. The second kappa shape index (κ2) is 7.38. The van der Waals surface area contributed by atoms with Crippen molar-refractivity contribution >= 4 is 0 Å². The second-order valence-corrected chi connectivity index (χ2v) is 5.25. The molecule has 0 fully saturated rings. The van der Waals surface area contributed by atoms with Gasteiger partial charge in [0, 0.05) is 31.3 Å². The van der Waals surface area contributed by atoms with Gasteiger partial charge in [0.1, 0.15) is 0 Å². The summed E-state index contributed by atoms with van der Waals surface area (Å²) < 4.78 is 7.90. The van der Waals surface area contributed by atoms with E-state index < -0.39 is 0 Å². The molecule has 0 aliphatic heterocycles. The van der Waals surface area contributed by atoms with Crippen molar-refractivity contribution in [2.24, 2.45) is 5.73 Å². The van der Waals surface area contributed by atoms with Gasteiger partial charge in [-0.15, -0.1) is 0 Å². The summed E-state index contributed by atoms with van der Waals surface area (Å²) in [4.78, 5) is 0. The van der Waals surface area contributed by atoms with E-state index in [0.29, 0.717) is 6.61 Å². The molecule has 0 bridgehead atoms. The molecule has 0 aliphatic carbocycles. The van der Waals surface area contributed by atoms with Crippen LogP contribution in [0, 0.1) is 6.92 Å². The molecular formula is C17H25N3O. The van der Waals surface area contributed by atoms with Gasteiger partial charge >= 0.3 is 0 Å². The molecule has 2 N–H and O–H groups in total. The van der Waals surface area contributed by atoms with Crippen molar-refractivity contribution in [1.29, 1.82) is 0 Å². The quantitative estimate of drug-likeness (QED) is 0.852. The average Bonchev–Trinajstić information content (AvgIpc) is 2.85. The van der Waals surface area contributed by atoms with Crippen molar-refractivity contribution in [3.05, 3.63) is 53.3 Å². The lowest BCUT2D eigenvalue weighted by molar-refractivity contribution is 0.0428. The Labute approximate surface area is 126 Å². The van der Waals surface area contributed by atoms with Gasteiger partial charge < -0.3 is 10.5 Å². The zero-order valence-electron chi connectivity index (χ0n) is 13.1. The lowest BCUT2D eigenvalue weighted by atomic mass is 9.98. The number of hydrogen-bond acceptors (Lipinski definition) is 3. The van der Waals surface area contributed by atoms with Crippen molar-refractivity contribution in [1.82, 2.24) is 9.78 Å². The number of rotatable bonds is 7. The topological polar surface area (TPSA) is 53.1 Å². The molecule has 0 amide bonds. The predicted molar refractivity (Wildman–Crippen MR) is 85.1 cm³/mol. The molecule has 2 rings (SSSR count). The van der Waals surface area contributed by atoms with Gasteiger partial charge in [0.25, 0.3) is 0 Å². The van der Waals surface area contributed by atoms with Crippen molar-refractivity contribution in [3.63, 3.8) is 0 Å². The zero-order chi connectivity index (χ0) is 15.2. The zero-order valence-corrected chi connectivity index (χ0v) is 13.1. The van der Waals surface area contributed by atoms with Crippen LogP contribution in [0.2, 0.25) is 0 Å². The molecule has 4 nitrogen and oxygen atoms in total. The van der Waals surface area contributed by atoms with Crippen LogP contribution in [0.25, 0.3) is 0 Å². The fourth-order valence-corrected chi connectivity index (χ4v) is 2.68. The van der Waals surface area contributed by atoms with E-state index in [-0.39, 0.29) is 12.1 Å². The number of aromatic nitrogens is 2. The van der Waals surface area contributed by atoms with Crippen LogP contribution >= 0.6 is 0 Å². The molecule has 4 heteroatoms. The Morgan fingerprint density at radius 1 is 1.24 bits per heavy atom. The van der Waals surface area contributed by atoms with Gasteiger partial charge in [-0.3, -0.25) is 4.68 Å². The molecule has 0 saturated carbocycles. The van der Waals surface area contributed by atoms with Crippen LogP contribution in [0.15, 0.2) is 36.4 Å². The molecule has 21 heavy (non-hydrogen) atoms. The highest BCUT2D eigenvalue weighted by Crippen LogP contribution is 2.22. The van der Waals surface area contributed by atoms with Gasteiger partial charge in [-0.2, -0.15) is 5.10 Å². The molecule has 2 atom stereocenters. The molecule has 1 aromatic carbocycles. The van der Waals surface area contributed by atoms with Crippen molar-refractivity contribution in [2.45, 2.75) is 45.9 Å². The lowest BCUT2D eigenvalue weighted by Gasteiger charge is -2.24. The maximum absolute atomic E-state index is 6.43. The standard InChI is InChI=1S/C17H25N3O/c1-4-20-15(11-13(3)19-20)12-16(18)17(21-5-2)14-9-7-6-8-10-14/h6-11,16-17H,4-5,12,18H2,1-3H3. The first-order chi connectivity index (χ1) is 10.2. The van der Waals surface area contributed by atoms with E-state index in [1.54, 1.807) is 0 Å². The molecule has 0 spiro atoms. The van der Waals surface area contributed by atoms with E-state index in [4.69, 9.17) is 10.5 Å². The third kappa shape index (κ3) is 3.93. The molecular weight excluding hydrogens is 262 g/mol. The normalized spacial score (nSPS) is 14.1. The van der Waals surface area contributed by atoms with Gasteiger partial charge in [-0.25, -0.2) is 0 Å². The summed E-state index contributed by atoms with van der Waals surface area (Å²) in [6.07, 6.45) is 0.672. The highest BCUT2D eigenvalue weighted by Gasteiger charge is 2.22. The van der Waals surface area contributed by atoms with Gasteiger partial charge in [0.15, 0.2) is 0 Å². The Morgan fingerprint density at radius 2 is 1.95 bits per heavy atom.